The molecule has 4 aliphatic rings. The third-order valence-electron chi connectivity index (χ3n) is 5.99. The molecule has 3 heteroatoms. The molecule has 4 heterocycles. The summed E-state index contributed by atoms with van der Waals surface area (Å²) in [4.78, 5) is 2.71. The second-order valence-electron chi connectivity index (χ2n) is 7.28. The van der Waals surface area contributed by atoms with E-state index < -0.39 is 0 Å². The SMILES string of the molecule is CC1CC2CC3c4oc5ccc(O)cc5c4CCN(C2)C13. The molecule has 1 saturated carbocycles. The van der Waals surface area contributed by atoms with E-state index in [0.29, 0.717) is 17.7 Å². The van der Waals surface area contributed by atoms with Crippen LogP contribution in [0.3, 0.4) is 0 Å². The van der Waals surface area contributed by atoms with Crippen molar-refractivity contribution in [1.82, 2.24) is 4.90 Å². The van der Waals surface area contributed by atoms with Gasteiger partial charge in [-0.1, -0.05) is 6.92 Å². The zero-order chi connectivity index (χ0) is 14.1. The van der Waals surface area contributed by atoms with Gasteiger partial charge in [0.1, 0.15) is 17.1 Å². The van der Waals surface area contributed by atoms with Gasteiger partial charge in [0.15, 0.2) is 0 Å². The Kier molecular flexibility index (Phi) is 2.33. The fourth-order valence-electron chi connectivity index (χ4n) is 5.34. The topological polar surface area (TPSA) is 36.6 Å². The summed E-state index contributed by atoms with van der Waals surface area (Å²) < 4.78 is 6.27. The molecule has 110 valence electrons. The molecule has 1 N–H and O–H groups in total. The molecule has 5 atom stereocenters. The number of nitrogens with zero attached hydrogens (tertiary/aromatic N) is 1. The summed E-state index contributed by atoms with van der Waals surface area (Å²) in [5, 5.41) is 10.9. The Morgan fingerprint density at radius 2 is 2.19 bits per heavy atom. The quantitative estimate of drug-likeness (QED) is 0.804. The molecule has 0 spiro atoms. The monoisotopic (exact) mass is 283 g/mol. The Hall–Kier alpha value is -1.48. The van der Waals surface area contributed by atoms with E-state index in [1.54, 1.807) is 6.07 Å². The van der Waals surface area contributed by atoms with Gasteiger partial charge >= 0.3 is 0 Å². The van der Waals surface area contributed by atoms with E-state index in [-0.39, 0.29) is 0 Å². The molecule has 3 aliphatic heterocycles. The third-order valence-corrected chi connectivity index (χ3v) is 5.99. The van der Waals surface area contributed by atoms with Crippen LogP contribution in [0.4, 0.5) is 0 Å². The van der Waals surface area contributed by atoms with Crippen LogP contribution in [0, 0.1) is 11.8 Å². The van der Waals surface area contributed by atoms with Crippen LogP contribution in [0.1, 0.15) is 37.0 Å². The summed E-state index contributed by atoms with van der Waals surface area (Å²) in [6, 6.07) is 6.18. The zero-order valence-corrected chi connectivity index (χ0v) is 12.4. The molecular weight excluding hydrogens is 262 g/mol. The zero-order valence-electron chi connectivity index (χ0n) is 12.4. The highest BCUT2D eigenvalue weighted by Crippen LogP contribution is 2.51. The second kappa shape index (κ2) is 4.04. The Bertz CT molecular complexity index is 719. The van der Waals surface area contributed by atoms with Crippen LogP contribution in [-0.4, -0.2) is 29.1 Å². The van der Waals surface area contributed by atoms with Gasteiger partial charge in [0.2, 0.25) is 0 Å². The molecule has 4 bridgehead atoms. The largest absolute Gasteiger partial charge is 0.508 e. The fourth-order valence-corrected chi connectivity index (χ4v) is 5.34. The van der Waals surface area contributed by atoms with E-state index in [1.165, 1.54) is 30.7 Å². The van der Waals surface area contributed by atoms with Gasteiger partial charge in [-0.05, 0) is 49.3 Å². The van der Waals surface area contributed by atoms with Crippen molar-refractivity contribution in [3.63, 3.8) is 0 Å². The van der Waals surface area contributed by atoms with E-state index in [4.69, 9.17) is 4.42 Å². The molecular formula is C18H21NO2. The van der Waals surface area contributed by atoms with Gasteiger partial charge in [0.05, 0.1) is 0 Å². The van der Waals surface area contributed by atoms with E-state index >= 15 is 0 Å². The molecule has 1 aromatic carbocycles. The molecule has 5 unspecified atom stereocenters. The van der Waals surface area contributed by atoms with Crippen molar-refractivity contribution in [3.8, 4) is 5.75 Å². The van der Waals surface area contributed by atoms with Gasteiger partial charge in [-0.3, -0.25) is 4.90 Å². The molecule has 6 rings (SSSR count). The number of furan rings is 1. The summed E-state index contributed by atoms with van der Waals surface area (Å²) in [6.45, 7) is 4.83. The summed E-state index contributed by atoms with van der Waals surface area (Å²) in [6.07, 6.45) is 3.72. The van der Waals surface area contributed by atoms with Crippen LogP contribution >= 0.6 is 0 Å². The minimum atomic E-state index is 0.341. The molecule has 2 aromatic rings. The van der Waals surface area contributed by atoms with Crippen LogP contribution in [-0.2, 0) is 6.42 Å². The summed E-state index contributed by atoms with van der Waals surface area (Å²) in [5.41, 5.74) is 2.30. The molecule has 0 amide bonds. The number of phenolic OH excluding ortho intramolecular Hbond substituents is 1. The maximum Gasteiger partial charge on any atom is 0.134 e. The number of rotatable bonds is 0. The van der Waals surface area contributed by atoms with Gasteiger partial charge in [-0.15, -0.1) is 0 Å². The summed E-state index contributed by atoms with van der Waals surface area (Å²) in [5.74, 6) is 3.73. The highest BCUT2D eigenvalue weighted by molar-refractivity contribution is 5.84. The van der Waals surface area contributed by atoms with Crippen molar-refractivity contribution in [3.05, 3.63) is 29.5 Å². The van der Waals surface area contributed by atoms with Crippen LogP contribution in [0.25, 0.3) is 11.0 Å². The number of aromatic hydroxyl groups is 1. The lowest BCUT2D eigenvalue weighted by molar-refractivity contribution is -0.00881. The number of phenols is 1. The molecule has 21 heavy (non-hydrogen) atoms. The maximum atomic E-state index is 9.80. The van der Waals surface area contributed by atoms with E-state index in [2.05, 4.69) is 11.8 Å². The van der Waals surface area contributed by atoms with Crippen LogP contribution in [0.15, 0.2) is 22.6 Å². The first kappa shape index (κ1) is 12.1. The summed E-state index contributed by atoms with van der Waals surface area (Å²) in [7, 11) is 0. The molecule has 0 radical (unpaired) electrons. The molecule has 3 fully saturated rings. The highest BCUT2D eigenvalue weighted by Gasteiger charge is 2.48. The number of hydrogen-bond acceptors (Lipinski definition) is 3. The van der Waals surface area contributed by atoms with E-state index in [1.807, 2.05) is 12.1 Å². The number of benzene rings is 1. The fraction of sp³-hybridized carbons (Fsp3) is 0.556. The first-order chi connectivity index (χ1) is 10.2. The van der Waals surface area contributed by atoms with Crippen molar-refractivity contribution < 1.29 is 9.52 Å². The van der Waals surface area contributed by atoms with Crippen molar-refractivity contribution in [2.45, 2.75) is 38.1 Å². The predicted octanol–water partition coefficient (Wildman–Crippen LogP) is 3.51. The normalized spacial score (nSPS) is 37.5. The first-order valence-corrected chi connectivity index (χ1v) is 8.19. The first-order valence-electron chi connectivity index (χ1n) is 8.19. The lowest BCUT2D eigenvalue weighted by Gasteiger charge is -2.52. The van der Waals surface area contributed by atoms with E-state index in [9.17, 15) is 5.11 Å². The van der Waals surface area contributed by atoms with Crippen molar-refractivity contribution in [1.29, 1.82) is 0 Å². The Morgan fingerprint density at radius 3 is 3.05 bits per heavy atom. The predicted molar refractivity (Wildman–Crippen MR) is 81.6 cm³/mol. The molecule has 1 aromatic heterocycles. The standard InChI is InChI=1S/C18H21NO2/c1-10-6-11-7-15-17(10)19(9-11)5-4-13-14-8-12(20)2-3-16(14)21-18(13)15/h2-3,8,10-11,15,17,20H,4-7,9H2,1H3. The maximum absolute atomic E-state index is 9.80. The minimum Gasteiger partial charge on any atom is -0.508 e. The van der Waals surface area contributed by atoms with Gasteiger partial charge in [-0.2, -0.15) is 0 Å². The smallest absolute Gasteiger partial charge is 0.134 e. The van der Waals surface area contributed by atoms with Gasteiger partial charge in [-0.25, -0.2) is 0 Å². The van der Waals surface area contributed by atoms with Crippen LogP contribution in [0.5, 0.6) is 5.75 Å². The van der Waals surface area contributed by atoms with Crippen LogP contribution in [0.2, 0.25) is 0 Å². The Balaban J connectivity index is 1.72. The van der Waals surface area contributed by atoms with Gasteiger partial charge < -0.3 is 9.52 Å². The van der Waals surface area contributed by atoms with Crippen molar-refractivity contribution in [2.24, 2.45) is 11.8 Å². The van der Waals surface area contributed by atoms with Crippen molar-refractivity contribution in [2.75, 3.05) is 13.1 Å². The minimum absolute atomic E-state index is 0.341. The third kappa shape index (κ3) is 1.58. The number of fused-ring (bicyclic) bond motifs is 4. The Morgan fingerprint density at radius 1 is 1.29 bits per heavy atom. The lowest BCUT2D eigenvalue weighted by Crippen LogP contribution is -2.55. The molecule has 3 nitrogen and oxygen atoms in total. The Labute approximate surface area is 124 Å². The average molecular weight is 283 g/mol. The second-order valence-corrected chi connectivity index (χ2v) is 7.28. The number of piperidine rings is 2. The van der Waals surface area contributed by atoms with E-state index in [0.717, 1.165) is 35.8 Å². The average Bonchev–Trinajstić information content (AvgIpc) is 2.77. The number of hydrogen-bond donors (Lipinski definition) is 1. The highest BCUT2D eigenvalue weighted by atomic mass is 16.3. The molecule has 2 saturated heterocycles. The summed E-state index contributed by atoms with van der Waals surface area (Å²) >= 11 is 0. The van der Waals surface area contributed by atoms with Gasteiger partial charge in [0, 0.05) is 36.0 Å². The van der Waals surface area contributed by atoms with Crippen LogP contribution < -0.4 is 0 Å². The lowest BCUT2D eigenvalue weighted by atomic mass is 9.67. The van der Waals surface area contributed by atoms with Crippen molar-refractivity contribution >= 4 is 11.0 Å². The van der Waals surface area contributed by atoms with Gasteiger partial charge in [0.25, 0.3) is 0 Å². The molecule has 1 aliphatic carbocycles.